The van der Waals surface area contributed by atoms with Gasteiger partial charge >= 0.3 is 0 Å². The molecule has 1 aliphatic carbocycles. The van der Waals surface area contributed by atoms with Crippen LogP contribution < -0.4 is 0 Å². The zero-order valence-corrected chi connectivity index (χ0v) is 16.0. The van der Waals surface area contributed by atoms with Gasteiger partial charge in [-0.2, -0.15) is 5.10 Å². The predicted octanol–water partition coefficient (Wildman–Crippen LogP) is 4.03. The van der Waals surface area contributed by atoms with Crippen LogP contribution in [0.15, 0.2) is 55.2 Å². The third-order valence-electron chi connectivity index (χ3n) is 5.25. The molecule has 26 heavy (non-hydrogen) atoms. The van der Waals surface area contributed by atoms with Gasteiger partial charge in [-0.1, -0.05) is 31.0 Å². The fraction of sp³-hybridized carbons (Fsp3) is 0.400. The van der Waals surface area contributed by atoms with E-state index in [1.807, 2.05) is 41.6 Å². The van der Waals surface area contributed by atoms with E-state index >= 15 is 0 Å². The lowest BCUT2D eigenvalue weighted by Crippen LogP contribution is -2.32. The number of hydrogen-bond donors (Lipinski definition) is 0. The number of imidazole rings is 1. The molecule has 0 amide bonds. The first-order valence-electron chi connectivity index (χ1n) is 9.12. The molecular weight excluding hydrogens is 346 g/mol. The molecule has 5 nitrogen and oxygen atoms in total. The Hall–Kier alpha value is -2.11. The second-order valence-corrected chi connectivity index (χ2v) is 6.90. The van der Waals surface area contributed by atoms with Crippen molar-refractivity contribution in [3.63, 3.8) is 0 Å². The molecule has 1 fully saturated rings. The SMILES string of the molecule is CN(CCn1cncc1-c1cnn(-c2ccccc2)c1)C1CCCC1.Cl. The van der Waals surface area contributed by atoms with Crippen LogP contribution in [-0.4, -0.2) is 43.9 Å². The number of para-hydroxylation sites is 1. The molecule has 3 aromatic rings. The summed E-state index contributed by atoms with van der Waals surface area (Å²) in [5, 5.41) is 4.51. The average molecular weight is 372 g/mol. The minimum Gasteiger partial charge on any atom is -0.329 e. The molecule has 1 aromatic carbocycles. The van der Waals surface area contributed by atoms with Crippen molar-refractivity contribution in [2.75, 3.05) is 13.6 Å². The van der Waals surface area contributed by atoms with Crippen LogP contribution in [0.3, 0.4) is 0 Å². The molecule has 0 bridgehead atoms. The van der Waals surface area contributed by atoms with Gasteiger partial charge in [0.2, 0.25) is 0 Å². The third kappa shape index (κ3) is 4.00. The third-order valence-corrected chi connectivity index (χ3v) is 5.25. The number of halogens is 1. The summed E-state index contributed by atoms with van der Waals surface area (Å²) in [4.78, 5) is 6.87. The lowest BCUT2D eigenvalue weighted by molar-refractivity contribution is 0.237. The Morgan fingerprint density at radius 3 is 2.65 bits per heavy atom. The zero-order chi connectivity index (χ0) is 17.1. The van der Waals surface area contributed by atoms with Crippen LogP contribution in [0.1, 0.15) is 25.7 Å². The summed E-state index contributed by atoms with van der Waals surface area (Å²) in [6.45, 7) is 2.01. The van der Waals surface area contributed by atoms with Crippen molar-refractivity contribution in [1.29, 1.82) is 0 Å². The lowest BCUT2D eigenvalue weighted by atomic mass is 10.2. The Morgan fingerprint density at radius 2 is 1.88 bits per heavy atom. The van der Waals surface area contributed by atoms with Crippen LogP contribution >= 0.6 is 12.4 Å². The molecule has 0 unspecified atom stereocenters. The second kappa shape index (κ2) is 8.52. The van der Waals surface area contributed by atoms with Crippen LogP contribution in [0.4, 0.5) is 0 Å². The predicted molar refractivity (Wildman–Crippen MR) is 107 cm³/mol. The molecule has 0 aliphatic heterocycles. The number of nitrogens with zero attached hydrogens (tertiary/aromatic N) is 5. The fourth-order valence-corrected chi connectivity index (χ4v) is 3.71. The summed E-state index contributed by atoms with van der Waals surface area (Å²) < 4.78 is 4.15. The van der Waals surface area contributed by atoms with Gasteiger partial charge in [-0.15, -0.1) is 12.4 Å². The zero-order valence-electron chi connectivity index (χ0n) is 15.2. The highest BCUT2D eigenvalue weighted by atomic mass is 35.5. The number of rotatable bonds is 6. The van der Waals surface area contributed by atoms with Crippen molar-refractivity contribution in [2.45, 2.75) is 38.3 Å². The number of aromatic nitrogens is 4. The maximum Gasteiger partial charge on any atom is 0.0951 e. The molecule has 0 radical (unpaired) electrons. The average Bonchev–Trinajstić information content (AvgIpc) is 3.41. The molecule has 6 heteroatoms. The summed E-state index contributed by atoms with van der Waals surface area (Å²) in [5.41, 5.74) is 3.30. The molecule has 0 spiro atoms. The van der Waals surface area contributed by atoms with Crippen molar-refractivity contribution in [3.8, 4) is 16.9 Å². The smallest absolute Gasteiger partial charge is 0.0951 e. The quantitative estimate of drug-likeness (QED) is 0.656. The first kappa shape index (κ1) is 18.7. The van der Waals surface area contributed by atoms with Gasteiger partial charge in [-0.05, 0) is 32.0 Å². The normalized spacial score (nSPS) is 14.7. The van der Waals surface area contributed by atoms with Gasteiger partial charge in [0.1, 0.15) is 0 Å². The summed E-state index contributed by atoms with van der Waals surface area (Å²) >= 11 is 0. The Bertz CT molecular complexity index is 804. The van der Waals surface area contributed by atoms with E-state index in [4.69, 9.17) is 0 Å². The number of likely N-dealkylation sites (N-methyl/N-ethyl adjacent to an activating group) is 1. The van der Waals surface area contributed by atoms with Crippen LogP contribution in [0.25, 0.3) is 16.9 Å². The van der Waals surface area contributed by atoms with Crippen LogP contribution in [0.5, 0.6) is 0 Å². The first-order valence-corrected chi connectivity index (χ1v) is 9.12. The Kier molecular flexibility index (Phi) is 6.12. The highest BCUT2D eigenvalue weighted by molar-refractivity contribution is 5.85. The monoisotopic (exact) mass is 371 g/mol. The Labute approximate surface area is 161 Å². The molecule has 4 rings (SSSR count). The molecule has 0 atom stereocenters. The molecule has 0 saturated heterocycles. The van der Waals surface area contributed by atoms with Crippen molar-refractivity contribution >= 4 is 12.4 Å². The minimum atomic E-state index is 0. The highest BCUT2D eigenvalue weighted by Crippen LogP contribution is 2.23. The van der Waals surface area contributed by atoms with Gasteiger partial charge in [0.05, 0.1) is 30.1 Å². The van der Waals surface area contributed by atoms with Gasteiger partial charge in [0.25, 0.3) is 0 Å². The minimum absolute atomic E-state index is 0. The maximum absolute atomic E-state index is 4.51. The molecule has 138 valence electrons. The standard InChI is InChI=1S/C20H25N5.ClH/c1-23(18-7-5-6-8-18)11-12-24-16-21-14-20(24)17-13-22-25(15-17)19-9-3-2-4-10-19;/h2-4,9-10,13-16,18H,5-8,11-12H2,1H3;1H. The maximum atomic E-state index is 4.51. The number of hydrogen-bond acceptors (Lipinski definition) is 3. The first-order chi connectivity index (χ1) is 12.3. The summed E-state index contributed by atoms with van der Waals surface area (Å²) in [6.07, 6.45) is 13.3. The van der Waals surface area contributed by atoms with E-state index in [2.05, 4.69) is 44.9 Å². The van der Waals surface area contributed by atoms with Gasteiger partial charge in [-0.3, -0.25) is 0 Å². The Morgan fingerprint density at radius 1 is 1.12 bits per heavy atom. The van der Waals surface area contributed by atoms with Crippen LogP contribution in [0.2, 0.25) is 0 Å². The van der Waals surface area contributed by atoms with E-state index in [0.717, 1.165) is 36.1 Å². The topological polar surface area (TPSA) is 38.9 Å². The van der Waals surface area contributed by atoms with Gasteiger partial charge in [0.15, 0.2) is 0 Å². The van der Waals surface area contributed by atoms with E-state index in [1.165, 1.54) is 25.7 Å². The van der Waals surface area contributed by atoms with E-state index in [0.29, 0.717) is 0 Å². The van der Waals surface area contributed by atoms with E-state index in [9.17, 15) is 0 Å². The van der Waals surface area contributed by atoms with Crippen molar-refractivity contribution < 1.29 is 0 Å². The largest absolute Gasteiger partial charge is 0.329 e. The lowest BCUT2D eigenvalue weighted by Gasteiger charge is -2.24. The second-order valence-electron chi connectivity index (χ2n) is 6.90. The summed E-state index contributed by atoms with van der Waals surface area (Å²) in [5.74, 6) is 0. The molecule has 1 saturated carbocycles. The molecule has 1 aliphatic rings. The van der Waals surface area contributed by atoms with Crippen molar-refractivity contribution in [1.82, 2.24) is 24.2 Å². The molecule has 0 N–H and O–H groups in total. The summed E-state index contributed by atoms with van der Waals surface area (Å²) in [7, 11) is 2.25. The molecule has 2 aromatic heterocycles. The van der Waals surface area contributed by atoms with E-state index < -0.39 is 0 Å². The number of benzene rings is 1. The Balaban J connectivity index is 0.00000196. The van der Waals surface area contributed by atoms with E-state index in [-0.39, 0.29) is 12.4 Å². The fourth-order valence-electron chi connectivity index (χ4n) is 3.71. The van der Waals surface area contributed by atoms with Crippen LogP contribution in [-0.2, 0) is 6.54 Å². The van der Waals surface area contributed by atoms with Crippen LogP contribution in [0, 0.1) is 0 Å². The van der Waals surface area contributed by atoms with Gasteiger partial charge in [-0.25, -0.2) is 9.67 Å². The van der Waals surface area contributed by atoms with Gasteiger partial charge < -0.3 is 9.47 Å². The van der Waals surface area contributed by atoms with E-state index in [1.54, 1.807) is 0 Å². The van der Waals surface area contributed by atoms with Gasteiger partial charge in [0, 0.05) is 30.9 Å². The molecule has 2 heterocycles. The highest BCUT2D eigenvalue weighted by Gasteiger charge is 2.19. The van der Waals surface area contributed by atoms with Crippen molar-refractivity contribution in [2.24, 2.45) is 0 Å². The van der Waals surface area contributed by atoms with Crippen molar-refractivity contribution in [3.05, 3.63) is 55.2 Å². The summed E-state index contributed by atoms with van der Waals surface area (Å²) in [6, 6.07) is 11.0. The molecular formula is C20H26ClN5.